The molecule has 0 aromatic rings. The van der Waals surface area contributed by atoms with Crippen LogP contribution in [0.2, 0.25) is 0 Å². The van der Waals surface area contributed by atoms with Crippen molar-refractivity contribution in [2.45, 2.75) is 67.5 Å². The topological polar surface area (TPSA) is 3.24 Å². The highest BCUT2D eigenvalue weighted by Gasteiger charge is 2.30. The Hall–Kier alpha value is -2.49. The van der Waals surface area contributed by atoms with E-state index in [1.807, 2.05) is 19.9 Å². The molecule has 0 aliphatic rings. The normalized spacial score (nSPS) is 13.8. The van der Waals surface area contributed by atoms with Crippen LogP contribution in [0.1, 0.15) is 61.3 Å². The summed E-state index contributed by atoms with van der Waals surface area (Å²) in [5.41, 5.74) is 5.08. The van der Waals surface area contributed by atoms with Gasteiger partial charge in [-0.25, -0.2) is 0 Å². The minimum Gasteiger partial charge on any atom is -0.344 e. The Morgan fingerprint density at radius 2 is 1.47 bits per heavy atom. The van der Waals surface area contributed by atoms with Crippen molar-refractivity contribution in [3.63, 3.8) is 0 Å². The fraction of sp³-hybridized carbons (Fsp3) is 0.429. The van der Waals surface area contributed by atoms with Crippen molar-refractivity contribution >= 4 is 0 Å². The van der Waals surface area contributed by atoms with Gasteiger partial charge in [0.2, 0.25) is 0 Å². The Balaban J connectivity index is 6.13. The molecule has 0 aromatic carbocycles. The monoisotopic (exact) mass is 447 g/mol. The first-order chi connectivity index (χ1) is 14.5. The first kappa shape index (κ1) is 29.5. The summed E-state index contributed by atoms with van der Waals surface area (Å²) < 4.78 is 39.2. The zero-order valence-electron chi connectivity index (χ0n) is 21.1. The first-order valence-electron chi connectivity index (χ1n) is 10.7. The molecule has 0 N–H and O–H groups in total. The van der Waals surface area contributed by atoms with Gasteiger partial charge < -0.3 is 4.90 Å². The Labute approximate surface area is 193 Å². The quantitative estimate of drug-likeness (QED) is 0.225. The van der Waals surface area contributed by atoms with Gasteiger partial charge >= 0.3 is 6.18 Å². The lowest BCUT2D eigenvalue weighted by molar-refractivity contribution is -0.0913. The van der Waals surface area contributed by atoms with Gasteiger partial charge in [0.15, 0.2) is 0 Å². The van der Waals surface area contributed by atoms with E-state index in [2.05, 4.69) is 60.1 Å². The Morgan fingerprint density at radius 3 is 1.84 bits per heavy atom. The van der Waals surface area contributed by atoms with Gasteiger partial charge in [-0.3, -0.25) is 0 Å². The summed E-state index contributed by atoms with van der Waals surface area (Å²) >= 11 is 0. The number of nitrogens with zero attached hydrogens (tertiary/aromatic N) is 1. The third kappa shape index (κ3) is 8.57. The lowest BCUT2D eigenvalue weighted by atomic mass is 9.83. The number of hydrogen-bond acceptors (Lipinski definition) is 1. The fourth-order valence-corrected chi connectivity index (χ4v) is 3.04. The van der Waals surface area contributed by atoms with E-state index in [0.29, 0.717) is 29.0 Å². The summed E-state index contributed by atoms with van der Waals surface area (Å²) in [7, 11) is 1.77. The fourth-order valence-electron chi connectivity index (χ4n) is 3.04. The summed E-state index contributed by atoms with van der Waals surface area (Å²) in [4.78, 5) is 1.75. The van der Waals surface area contributed by atoms with Crippen LogP contribution in [0, 0.1) is 5.41 Å². The van der Waals surface area contributed by atoms with Gasteiger partial charge in [-0.1, -0.05) is 58.2 Å². The van der Waals surface area contributed by atoms with Crippen molar-refractivity contribution in [3.8, 4) is 0 Å². The van der Waals surface area contributed by atoms with Crippen LogP contribution in [0.15, 0.2) is 95.5 Å². The highest BCUT2D eigenvalue weighted by Crippen LogP contribution is 2.32. The smallest absolute Gasteiger partial charge is 0.344 e. The molecule has 0 heterocycles. The molecule has 0 aliphatic heterocycles. The number of likely N-dealkylation sites (N-methyl/N-ethyl adjacent to an activating group) is 1. The van der Waals surface area contributed by atoms with E-state index in [9.17, 15) is 13.2 Å². The molecule has 0 bridgehead atoms. The van der Waals surface area contributed by atoms with E-state index in [1.54, 1.807) is 18.0 Å². The standard InChI is InChI=1S/C28H40F3N/c1-13-24(17-21(7)28(29,30)31)26(14-2)32(12)23(9)22(8)20(6)16-25(19(4)5)18-27(10,11)15-3/h14-17H,2-3,8-9,13,18H2,1,4-7,10-12H3/b20-16-,21-17+,26-24+. The van der Waals surface area contributed by atoms with Gasteiger partial charge in [0.1, 0.15) is 0 Å². The highest BCUT2D eigenvalue weighted by atomic mass is 19.4. The van der Waals surface area contributed by atoms with Crippen LogP contribution in [0.3, 0.4) is 0 Å². The van der Waals surface area contributed by atoms with E-state index >= 15 is 0 Å². The molecular formula is C28H40F3N. The van der Waals surface area contributed by atoms with Crippen LogP contribution in [0.5, 0.6) is 0 Å². The Morgan fingerprint density at radius 1 is 0.938 bits per heavy atom. The molecule has 0 amide bonds. The number of rotatable bonds is 11. The second-order valence-electron chi connectivity index (χ2n) is 9.00. The molecule has 0 rings (SSSR count). The van der Waals surface area contributed by atoms with Crippen molar-refractivity contribution in [3.05, 3.63) is 95.5 Å². The van der Waals surface area contributed by atoms with E-state index in [1.165, 1.54) is 17.2 Å². The van der Waals surface area contributed by atoms with E-state index in [-0.39, 0.29) is 5.41 Å². The lowest BCUT2D eigenvalue weighted by Crippen LogP contribution is -2.19. The van der Waals surface area contributed by atoms with Crippen molar-refractivity contribution in [2.75, 3.05) is 7.05 Å². The predicted octanol–water partition coefficient (Wildman–Crippen LogP) is 9.23. The predicted molar refractivity (Wildman–Crippen MR) is 134 cm³/mol. The molecule has 32 heavy (non-hydrogen) atoms. The molecule has 178 valence electrons. The molecule has 0 aliphatic carbocycles. The molecule has 0 atom stereocenters. The summed E-state index contributed by atoms with van der Waals surface area (Å²) in [6, 6.07) is 0. The highest BCUT2D eigenvalue weighted by molar-refractivity contribution is 5.48. The second-order valence-corrected chi connectivity index (χ2v) is 9.00. The largest absolute Gasteiger partial charge is 0.412 e. The van der Waals surface area contributed by atoms with Crippen LogP contribution in [0.4, 0.5) is 13.2 Å². The molecule has 0 aromatic heterocycles. The average Bonchev–Trinajstić information content (AvgIpc) is 2.70. The Kier molecular flexibility index (Phi) is 11.0. The molecule has 0 saturated heterocycles. The van der Waals surface area contributed by atoms with Gasteiger partial charge in [0, 0.05) is 24.0 Å². The summed E-state index contributed by atoms with van der Waals surface area (Å²) in [6.07, 6.45) is 3.68. The third-order valence-electron chi connectivity index (χ3n) is 5.56. The molecule has 0 radical (unpaired) electrons. The number of halogens is 3. The molecule has 4 heteroatoms. The van der Waals surface area contributed by atoms with Gasteiger partial charge in [0.05, 0.1) is 0 Å². The SMILES string of the molecule is C=C/C(=C(\C=C(/C)C(F)(F)F)CC)N(C)C(=C)C(=C)/C(C)=C\C(CC(C)(C)C=C)=C(C)C. The van der Waals surface area contributed by atoms with E-state index in [4.69, 9.17) is 0 Å². The number of alkyl halides is 3. The molecular weight excluding hydrogens is 407 g/mol. The summed E-state index contributed by atoms with van der Waals surface area (Å²) in [5, 5.41) is 0. The van der Waals surface area contributed by atoms with Crippen LogP contribution in [-0.2, 0) is 0 Å². The molecule has 1 nitrogen and oxygen atoms in total. The minimum absolute atomic E-state index is 0.0457. The second kappa shape index (κ2) is 11.9. The molecule has 0 spiro atoms. The van der Waals surface area contributed by atoms with Gasteiger partial charge in [0.25, 0.3) is 0 Å². The maximum atomic E-state index is 13.1. The molecule has 0 fully saturated rings. The van der Waals surface area contributed by atoms with Gasteiger partial charge in [-0.15, -0.1) is 6.58 Å². The van der Waals surface area contributed by atoms with Crippen molar-refractivity contribution < 1.29 is 13.2 Å². The van der Waals surface area contributed by atoms with Crippen LogP contribution >= 0.6 is 0 Å². The maximum Gasteiger partial charge on any atom is 0.412 e. The zero-order chi connectivity index (χ0) is 25.4. The first-order valence-corrected chi connectivity index (χ1v) is 10.7. The lowest BCUT2D eigenvalue weighted by Gasteiger charge is -2.27. The molecule has 0 saturated carbocycles. The van der Waals surface area contributed by atoms with E-state index in [0.717, 1.165) is 18.9 Å². The van der Waals surface area contributed by atoms with Crippen molar-refractivity contribution in [1.29, 1.82) is 0 Å². The number of hydrogen-bond donors (Lipinski definition) is 0. The van der Waals surface area contributed by atoms with Crippen LogP contribution < -0.4 is 0 Å². The van der Waals surface area contributed by atoms with E-state index < -0.39 is 11.7 Å². The zero-order valence-corrected chi connectivity index (χ0v) is 21.1. The third-order valence-corrected chi connectivity index (χ3v) is 5.56. The van der Waals surface area contributed by atoms with Crippen molar-refractivity contribution in [2.24, 2.45) is 5.41 Å². The van der Waals surface area contributed by atoms with Gasteiger partial charge in [-0.05, 0) is 80.4 Å². The minimum atomic E-state index is -4.37. The molecule has 0 unspecified atom stereocenters. The average molecular weight is 448 g/mol. The van der Waals surface area contributed by atoms with Crippen molar-refractivity contribution in [1.82, 2.24) is 4.90 Å². The summed E-state index contributed by atoms with van der Waals surface area (Å²) in [5.74, 6) is 0. The Bertz CT molecular complexity index is 867. The van der Waals surface area contributed by atoms with Crippen LogP contribution in [0.25, 0.3) is 0 Å². The van der Waals surface area contributed by atoms with Crippen LogP contribution in [-0.4, -0.2) is 18.1 Å². The summed E-state index contributed by atoms with van der Waals surface area (Å²) in [6.45, 7) is 29.4. The number of allylic oxidation sites excluding steroid dienone is 9. The van der Waals surface area contributed by atoms with Gasteiger partial charge in [-0.2, -0.15) is 13.2 Å². The maximum absolute atomic E-state index is 13.1.